The lowest BCUT2D eigenvalue weighted by molar-refractivity contribution is 0.809. The summed E-state index contributed by atoms with van der Waals surface area (Å²) in [5.74, 6) is 0. The van der Waals surface area contributed by atoms with Gasteiger partial charge in [-0.2, -0.15) is 0 Å². The summed E-state index contributed by atoms with van der Waals surface area (Å²) in [7, 11) is 1.94. The van der Waals surface area contributed by atoms with Gasteiger partial charge in [0.1, 0.15) is 0 Å². The van der Waals surface area contributed by atoms with Crippen molar-refractivity contribution in [2.75, 3.05) is 7.05 Å². The number of aryl methyl sites for hydroxylation is 1. The molecule has 1 atom stereocenters. The third kappa shape index (κ3) is 2.21. The molecule has 0 bridgehead atoms. The number of hydrogen-bond acceptors (Lipinski definition) is 1. The van der Waals surface area contributed by atoms with Crippen molar-refractivity contribution in [3.8, 4) is 0 Å². The highest BCUT2D eigenvalue weighted by Gasteiger charge is 2.04. The quantitative estimate of drug-likeness (QED) is 0.643. The SMILES string of the molecule is CNC(Br)c1ccc2cc(C)ccc2c1. The molecule has 0 spiro atoms. The van der Waals surface area contributed by atoms with Crippen molar-refractivity contribution in [3.63, 3.8) is 0 Å². The van der Waals surface area contributed by atoms with E-state index in [9.17, 15) is 0 Å². The van der Waals surface area contributed by atoms with Crippen molar-refractivity contribution >= 4 is 26.7 Å². The Hall–Kier alpha value is -0.860. The molecular formula is C13H14BrN. The highest BCUT2D eigenvalue weighted by atomic mass is 79.9. The maximum atomic E-state index is 3.57. The summed E-state index contributed by atoms with van der Waals surface area (Å²) in [6.07, 6.45) is 0. The van der Waals surface area contributed by atoms with E-state index in [0.717, 1.165) is 0 Å². The van der Waals surface area contributed by atoms with Crippen molar-refractivity contribution in [3.05, 3.63) is 47.5 Å². The van der Waals surface area contributed by atoms with Crippen LogP contribution in [-0.2, 0) is 0 Å². The molecule has 78 valence electrons. The van der Waals surface area contributed by atoms with Gasteiger partial charge in [0.05, 0.1) is 4.95 Å². The fourth-order valence-electron chi connectivity index (χ4n) is 1.71. The predicted octanol–water partition coefficient (Wildman–Crippen LogP) is 3.76. The van der Waals surface area contributed by atoms with Gasteiger partial charge in [0, 0.05) is 0 Å². The Balaban J connectivity index is 2.52. The monoisotopic (exact) mass is 263 g/mol. The number of alkyl halides is 1. The van der Waals surface area contributed by atoms with Gasteiger partial charge < -0.3 is 5.32 Å². The van der Waals surface area contributed by atoms with E-state index in [1.807, 2.05) is 7.05 Å². The Kier molecular flexibility index (Phi) is 3.08. The first-order chi connectivity index (χ1) is 7.20. The first kappa shape index (κ1) is 10.7. The molecule has 1 unspecified atom stereocenters. The van der Waals surface area contributed by atoms with Crippen LogP contribution < -0.4 is 5.32 Å². The van der Waals surface area contributed by atoms with Gasteiger partial charge in [-0.15, -0.1) is 0 Å². The van der Waals surface area contributed by atoms with E-state index in [2.05, 4.69) is 64.6 Å². The number of halogens is 1. The summed E-state index contributed by atoms with van der Waals surface area (Å²) >= 11 is 3.57. The summed E-state index contributed by atoms with van der Waals surface area (Å²) in [6.45, 7) is 2.12. The lowest BCUT2D eigenvalue weighted by Gasteiger charge is -2.09. The maximum Gasteiger partial charge on any atom is 0.0884 e. The molecule has 2 heteroatoms. The molecule has 15 heavy (non-hydrogen) atoms. The average molecular weight is 264 g/mol. The van der Waals surface area contributed by atoms with Crippen LogP contribution in [0.5, 0.6) is 0 Å². The normalized spacial score (nSPS) is 13.0. The molecule has 0 fully saturated rings. The highest BCUT2D eigenvalue weighted by molar-refractivity contribution is 9.09. The number of fused-ring (bicyclic) bond motifs is 1. The van der Waals surface area contributed by atoms with E-state index in [0.29, 0.717) is 0 Å². The first-order valence-electron chi connectivity index (χ1n) is 5.02. The van der Waals surface area contributed by atoms with Gasteiger partial charge >= 0.3 is 0 Å². The van der Waals surface area contributed by atoms with Gasteiger partial charge in [-0.1, -0.05) is 51.8 Å². The molecule has 0 aliphatic carbocycles. The minimum atomic E-state index is 0.225. The Labute approximate surface area is 98.6 Å². The Morgan fingerprint density at radius 3 is 2.47 bits per heavy atom. The molecule has 2 aromatic rings. The molecule has 1 nitrogen and oxygen atoms in total. The minimum absolute atomic E-state index is 0.225. The van der Waals surface area contributed by atoms with E-state index in [-0.39, 0.29) is 4.95 Å². The zero-order valence-electron chi connectivity index (χ0n) is 8.92. The zero-order valence-corrected chi connectivity index (χ0v) is 10.5. The van der Waals surface area contributed by atoms with Gasteiger partial charge in [0.15, 0.2) is 0 Å². The van der Waals surface area contributed by atoms with E-state index in [4.69, 9.17) is 0 Å². The topological polar surface area (TPSA) is 12.0 Å². The van der Waals surface area contributed by atoms with Crippen molar-refractivity contribution in [1.82, 2.24) is 5.32 Å². The van der Waals surface area contributed by atoms with E-state index < -0.39 is 0 Å². The second kappa shape index (κ2) is 4.33. The van der Waals surface area contributed by atoms with Gasteiger partial charge in [0.2, 0.25) is 0 Å². The average Bonchev–Trinajstić information content (AvgIpc) is 2.27. The van der Waals surface area contributed by atoms with Crippen LogP contribution in [0.15, 0.2) is 36.4 Å². The van der Waals surface area contributed by atoms with Gasteiger partial charge in [-0.3, -0.25) is 0 Å². The van der Waals surface area contributed by atoms with Crippen molar-refractivity contribution < 1.29 is 0 Å². The number of benzene rings is 2. The number of hydrogen-bond donors (Lipinski definition) is 1. The van der Waals surface area contributed by atoms with Crippen LogP contribution in [0, 0.1) is 6.92 Å². The predicted molar refractivity (Wildman–Crippen MR) is 69.4 cm³/mol. The molecule has 0 saturated carbocycles. The second-order valence-electron chi connectivity index (χ2n) is 3.76. The molecule has 0 amide bonds. The molecular weight excluding hydrogens is 250 g/mol. The summed E-state index contributed by atoms with van der Waals surface area (Å²) < 4.78 is 0. The smallest absolute Gasteiger partial charge is 0.0884 e. The Morgan fingerprint density at radius 1 is 1.07 bits per heavy atom. The molecule has 0 saturated heterocycles. The van der Waals surface area contributed by atoms with Crippen molar-refractivity contribution in [2.45, 2.75) is 11.9 Å². The molecule has 2 rings (SSSR count). The number of rotatable bonds is 2. The van der Waals surface area contributed by atoms with Crippen LogP contribution in [0.2, 0.25) is 0 Å². The fraction of sp³-hybridized carbons (Fsp3) is 0.231. The van der Waals surface area contributed by atoms with E-state index >= 15 is 0 Å². The summed E-state index contributed by atoms with van der Waals surface area (Å²) in [5.41, 5.74) is 2.56. The van der Waals surface area contributed by atoms with Crippen LogP contribution in [0.25, 0.3) is 10.8 Å². The molecule has 0 aromatic heterocycles. The molecule has 0 aliphatic heterocycles. The third-order valence-electron chi connectivity index (χ3n) is 2.57. The zero-order chi connectivity index (χ0) is 10.8. The molecule has 2 aromatic carbocycles. The lowest BCUT2D eigenvalue weighted by atomic mass is 10.0. The molecule has 1 N–H and O–H groups in total. The highest BCUT2D eigenvalue weighted by Crippen LogP contribution is 2.24. The van der Waals surface area contributed by atoms with E-state index in [1.54, 1.807) is 0 Å². The Morgan fingerprint density at radius 2 is 1.73 bits per heavy atom. The molecule has 0 aliphatic rings. The van der Waals surface area contributed by atoms with Crippen LogP contribution in [-0.4, -0.2) is 7.05 Å². The van der Waals surface area contributed by atoms with Crippen LogP contribution in [0.4, 0.5) is 0 Å². The van der Waals surface area contributed by atoms with Crippen LogP contribution >= 0.6 is 15.9 Å². The maximum absolute atomic E-state index is 3.57. The molecule has 0 radical (unpaired) electrons. The van der Waals surface area contributed by atoms with Gasteiger partial charge in [0.25, 0.3) is 0 Å². The lowest BCUT2D eigenvalue weighted by Crippen LogP contribution is -2.08. The Bertz CT molecular complexity index is 479. The van der Waals surface area contributed by atoms with Crippen molar-refractivity contribution in [2.24, 2.45) is 0 Å². The summed E-state index contributed by atoms with van der Waals surface area (Å²) in [4.78, 5) is 0.225. The standard InChI is InChI=1S/C13H14BrN/c1-9-3-4-11-8-12(13(14)15-2)6-5-10(11)7-9/h3-8,13,15H,1-2H3. The fourth-order valence-corrected chi connectivity index (χ4v) is 1.99. The van der Waals surface area contributed by atoms with E-state index in [1.165, 1.54) is 21.9 Å². The van der Waals surface area contributed by atoms with Gasteiger partial charge in [-0.05, 0) is 36.4 Å². The summed E-state index contributed by atoms with van der Waals surface area (Å²) in [5, 5.41) is 5.76. The largest absolute Gasteiger partial charge is 0.304 e. The minimum Gasteiger partial charge on any atom is -0.304 e. The number of nitrogens with one attached hydrogen (secondary N) is 1. The van der Waals surface area contributed by atoms with Crippen molar-refractivity contribution in [1.29, 1.82) is 0 Å². The third-order valence-corrected chi connectivity index (χ3v) is 3.55. The van der Waals surface area contributed by atoms with Crippen LogP contribution in [0.1, 0.15) is 16.1 Å². The summed E-state index contributed by atoms with van der Waals surface area (Å²) in [6, 6.07) is 13.1. The first-order valence-corrected chi connectivity index (χ1v) is 5.94. The van der Waals surface area contributed by atoms with Gasteiger partial charge in [-0.25, -0.2) is 0 Å². The molecule has 0 heterocycles. The second-order valence-corrected chi connectivity index (χ2v) is 4.68. The van der Waals surface area contributed by atoms with Crippen LogP contribution in [0.3, 0.4) is 0 Å².